The summed E-state index contributed by atoms with van der Waals surface area (Å²) in [5.41, 5.74) is 0. The van der Waals surface area contributed by atoms with Crippen LogP contribution in [0, 0.1) is 0 Å². The maximum Gasteiger partial charge on any atom is 0.306 e. The van der Waals surface area contributed by atoms with Crippen LogP contribution in [0.3, 0.4) is 0 Å². The third kappa shape index (κ3) is 63.0. The second-order valence-corrected chi connectivity index (χ2v) is 21.6. The number of carbonyl (C=O) groups excluding carboxylic acids is 3. The Bertz CT molecular complexity index is 1510. The molecule has 0 heterocycles. The molecule has 1 unspecified atom stereocenters. The van der Waals surface area contributed by atoms with Crippen LogP contribution in [-0.2, 0) is 28.6 Å². The Morgan fingerprint density at radius 2 is 0.532 bits per heavy atom. The van der Waals surface area contributed by atoms with Crippen molar-refractivity contribution in [3.8, 4) is 0 Å². The van der Waals surface area contributed by atoms with Gasteiger partial charge in [0.1, 0.15) is 13.2 Å². The van der Waals surface area contributed by atoms with Crippen LogP contribution in [0.1, 0.15) is 316 Å². The van der Waals surface area contributed by atoms with Crippen LogP contribution in [0.25, 0.3) is 0 Å². The van der Waals surface area contributed by atoms with Gasteiger partial charge in [-0.25, -0.2) is 0 Å². The van der Waals surface area contributed by atoms with Crippen molar-refractivity contribution in [1.29, 1.82) is 0 Å². The highest BCUT2D eigenvalue weighted by molar-refractivity contribution is 5.71. The zero-order valence-corrected chi connectivity index (χ0v) is 50.7. The fraction of sp³-hybridized carbons (Fsp3) is 0.732. The fourth-order valence-corrected chi connectivity index (χ4v) is 9.17. The molecule has 0 aliphatic carbocycles. The molecule has 0 amide bonds. The van der Waals surface area contributed by atoms with Gasteiger partial charge in [-0.3, -0.25) is 14.4 Å². The van der Waals surface area contributed by atoms with E-state index in [1.165, 1.54) is 186 Å². The summed E-state index contributed by atoms with van der Waals surface area (Å²) in [7, 11) is 0. The number of ether oxygens (including phenoxy) is 3. The first-order valence-electron chi connectivity index (χ1n) is 32.7. The van der Waals surface area contributed by atoms with E-state index in [4.69, 9.17) is 14.2 Å². The second-order valence-electron chi connectivity index (χ2n) is 21.6. The summed E-state index contributed by atoms with van der Waals surface area (Å²) in [4.78, 5) is 38.3. The summed E-state index contributed by atoms with van der Waals surface area (Å²) < 4.78 is 16.9. The normalized spacial score (nSPS) is 12.7. The molecular formula is C71H122O6. The van der Waals surface area contributed by atoms with Gasteiger partial charge in [0.05, 0.1) is 0 Å². The van der Waals surface area contributed by atoms with E-state index in [1.54, 1.807) is 0 Å². The molecule has 442 valence electrons. The smallest absolute Gasteiger partial charge is 0.306 e. The van der Waals surface area contributed by atoms with Gasteiger partial charge in [-0.2, -0.15) is 0 Å². The van der Waals surface area contributed by atoms with Crippen molar-refractivity contribution in [1.82, 2.24) is 0 Å². The van der Waals surface area contributed by atoms with E-state index in [2.05, 4.69) is 112 Å². The molecule has 0 saturated heterocycles. The Labute approximate surface area is 477 Å². The Hall–Kier alpha value is -3.67. The van der Waals surface area contributed by atoms with Crippen LogP contribution >= 0.6 is 0 Å². The van der Waals surface area contributed by atoms with Gasteiger partial charge in [0.15, 0.2) is 6.10 Å². The van der Waals surface area contributed by atoms with Gasteiger partial charge >= 0.3 is 17.9 Å². The van der Waals surface area contributed by atoms with E-state index in [1.807, 2.05) is 6.08 Å². The molecule has 0 aromatic heterocycles. The van der Waals surface area contributed by atoms with Gasteiger partial charge in [-0.1, -0.05) is 285 Å². The molecule has 0 fully saturated rings. The van der Waals surface area contributed by atoms with Gasteiger partial charge in [0.25, 0.3) is 0 Å². The highest BCUT2D eigenvalue weighted by atomic mass is 16.6. The largest absolute Gasteiger partial charge is 0.462 e. The summed E-state index contributed by atoms with van der Waals surface area (Å²) in [5, 5.41) is 0. The molecule has 0 aromatic carbocycles. The number of hydrogen-bond acceptors (Lipinski definition) is 6. The van der Waals surface area contributed by atoms with Gasteiger partial charge in [0.2, 0.25) is 0 Å². The predicted molar refractivity (Wildman–Crippen MR) is 334 cm³/mol. The molecule has 0 aliphatic heterocycles. The maximum absolute atomic E-state index is 12.9. The van der Waals surface area contributed by atoms with Crippen molar-refractivity contribution in [2.75, 3.05) is 13.2 Å². The molecule has 6 heteroatoms. The summed E-state index contributed by atoms with van der Waals surface area (Å²) >= 11 is 0. The Morgan fingerprint density at radius 1 is 0.273 bits per heavy atom. The molecule has 77 heavy (non-hydrogen) atoms. The van der Waals surface area contributed by atoms with Crippen molar-refractivity contribution in [3.05, 3.63) is 97.2 Å². The number of unbranched alkanes of at least 4 members (excludes halogenated alkanes) is 32. The first kappa shape index (κ1) is 73.3. The molecular weight excluding hydrogens is 949 g/mol. The van der Waals surface area contributed by atoms with Gasteiger partial charge in [-0.15, -0.1) is 0 Å². The van der Waals surface area contributed by atoms with E-state index in [-0.39, 0.29) is 37.5 Å². The van der Waals surface area contributed by atoms with Crippen molar-refractivity contribution in [3.63, 3.8) is 0 Å². The highest BCUT2D eigenvalue weighted by Gasteiger charge is 2.19. The number of rotatable bonds is 59. The van der Waals surface area contributed by atoms with Crippen LogP contribution in [0.2, 0.25) is 0 Å². The lowest BCUT2D eigenvalue weighted by Gasteiger charge is -2.18. The predicted octanol–water partition coefficient (Wildman–Crippen LogP) is 22.4. The summed E-state index contributed by atoms with van der Waals surface area (Å²) in [6.45, 7) is 6.47. The first-order chi connectivity index (χ1) is 38.0. The minimum Gasteiger partial charge on any atom is -0.462 e. The lowest BCUT2D eigenvalue weighted by Crippen LogP contribution is -2.30. The minimum absolute atomic E-state index is 0.103. The van der Waals surface area contributed by atoms with E-state index >= 15 is 0 Å². The van der Waals surface area contributed by atoms with E-state index < -0.39 is 6.10 Å². The third-order valence-corrected chi connectivity index (χ3v) is 14.1. The SMILES string of the molecule is CC/C=C\C/C=C\C/C=C\C/C=C\CCC(=O)OCC(COC(=O)CCCCCCCCCC/C=C\C/C=C\C/C=C\CCCCCCC)OC(=O)CCCCCCCCCCCCC/C=C\CCCCCCCCCC. The van der Waals surface area contributed by atoms with Crippen LogP contribution in [0.4, 0.5) is 0 Å². The Kier molecular flexibility index (Phi) is 61.8. The number of hydrogen-bond donors (Lipinski definition) is 0. The number of allylic oxidation sites excluding steroid dienone is 16. The average molecular weight is 1070 g/mol. The molecule has 0 bridgehead atoms. The monoisotopic (exact) mass is 1070 g/mol. The van der Waals surface area contributed by atoms with E-state index in [0.29, 0.717) is 19.3 Å². The third-order valence-electron chi connectivity index (χ3n) is 14.1. The lowest BCUT2D eigenvalue weighted by molar-refractivity contribution is -0.166. The maximum atomic E-state index is 12.9. The summed E-state index contributed by atoms with van der Waals surface area (Å²) in [6, 6.07) is 0. The molecule has 0 radical (unpaired) electrons. The van der Waals surface area contributed by atoms with Gasteiger partial charge in [0, 0.05) is 19.3 Å². The van der Waals surface area contributed by atoms with Crippen molar-refractivity contribution in [2.24, 2.45) is 0 Å². The quantitative estimate of drug-likeness (QED) is 0.0261. The molecule has 0 N–H and O–H groups in total. The molecule has 0 aliphatic rings. The first-order valence-corrected chi connectivity index (χ1v) is 32.7. The summed E-state index contributed by atoms with van der Waals surface area (Å²) in [6.07, 6.45) is 87.2. The highest BCUT2D eigenvalue weighted by Crippen LogP contribution is 2.16. The molecule has 0 rings (SSSR count). The van der Waals surface area contributed by atoms with Crippen molar-refractivity contribution < 1.29 is 28.6 Å². The lowest BCUT2D eigenvalue weighted by atomic mass is 10.0. The Morgan fingerprint density at radius 3 is 0.883 bits per heavy atom. The standard InChI is InChI=1S/C71H122O6/c1-4-7-10-13-16-19-22-25-27-29-31-33-35-37-39-41-43-46-49-52-55-58-61-64-70(73)76-67-68(66-75-69(72)63-60-57-54-51-48-45-24-21-18-15-12-9-6-3)77-71(74)65-62-59-56-53-50-47-44-42-40-38-36-34-32-30-28-26-23-20-17-14-11-8-5-2/h9,12,18,21-22,25,29-32,35,37,45,48,54,57,68H,4-8,10-11,13-17,19-20,23-24,26-28,33-34,36,38-44,46-47,49-53,55-56,58-67H2,1-3H3/b12-9-,21-18-,25-22-,31-29-,32-30-,37-35-,48-45-,57-54-. The fourth-order valence-electron chi connectivity index (χ4n) is 9.17. The topological polar surface area (TPSA) is 78.9 Å². The molecule has 0 spiro atoms. The zero-order valence-electron chi connectivity index (χ0n) is 50.7. The van der Waals surface area contributed by atoms with E-state index in [9.17, 15) is 14.4 Å². The van der Waals surface area contributed by atoms with Crippen molar-refractivity contribution in [2.45, 2.75) is 322 Å². The van der Waals surface area contributed by atoms with Crippen LogP contribution < -0.4 is 0 Å². The minimum atomic E-state index is -0.812. The van der Waals surface area contributed by atoms with Crippen LogP contribution in [0.5, 0.6) is 0 Å². The second kappa shape index (κ2) is 64.9. The average Bonchev–Trinajstić information content (AvgIpc) is 3.43. The molecule has 6 nitrogen and oxygen atoms in total. The van der Waals surface area contributed by atoms with E-state index in [0.717, 1.165) is 83.5 Å². The van der Waals surface area contributed by atoms with Crippen LogP contribution in [-0.4, -0.2) is 37.2 Å². The molecule has 1 atom stereocenters. The van der Waals surface area contributed by atoms with Gasteiger partial charge in [-0.05, 0) is 109 Å². The van der Waals surface area contributed by atoms with Gasteiger partial charge < -0.3 is 14.2 Å². The summed E-state index contributed by atoms with van der Waals surface area (Å²) in [5.74, 6) is -0.986. The molecule has 0 saturated carbocycles. The number of esters is 3. The van der Waals surface area contributed by atoms with Crippen LogP contribution in [0.15, 0.2) is 97.2 Å². The molecule has 0 aromatic rings. The van der Waals surface area contributed by atoms with Crippen molar-refractivity contribution >= 4 is 17.9 Å². The number of carbonyl (C=O) groups is 3. The Balaban J connectivity index is 4.37. The zero-order chi connectivity index (χ0) is 55.7.